The lowest BCUT2D eigenvalue weighted by atomic mass is 10.0. The third-order valence-corrected chi connectivity index (χ3v) is 3.22. The number of rotatable bonds is 5. The maximum Gasteiger partial charge on any atom is 0.131 e. The molecule has 1 unspecified atom stereocenters. The van der Waals surface area contributed by atoms with Crippen LogP contribution in [0.3, 0.4) is 0 Å². The maximum absolute atomic E-state index is 9.10. The van der Waals surface area contributed by atoms with Crippen LogP contribution in [0.1, 0.15) is 25.5 Å². The molecule has 0 aliphatic heterocycles. The molecule has 3 N–H and O–H groups in total. The minimum atomic E-state index is -0.0796. The summed E-state index contributed by atoms with van der Waals surface area (Å²) < 4.78 is 5.92. The zero-order valence-corrected chi connectivity index (χ0v) is 11.5. The Morgan fingerprint density at radius 2 is 1.89 bits per heavy atom. The highest BCUT2D eigenvalue weighted by atomic mass is 16.5. The van der Waals surface area contributed by atoms with Crippen molar-refractivity contribution in [3.63, 3.8) is 0 Å². The molecule has 0 saturated heterocycles. The lowest BCUT2D eigenvalue weighted by Gasteiger charge is -2.18. The highest BCUT2D eigenvalue weighted by molar-refractivity contribution is 5.89. The molecule has 2 aromatic carbocycles. The zero-order chi connectivity index (χ0) is 13.8. The monoisotopic (exact) mass is 259 g/mol. The van der Waals surface area contributed by atoms with Crippen molar-refractivity contribution in [3.05, 3.63) is 42.0 Å². The van der Waals surface area contributed by atoms with Gasteiger partial charge in [-0.2, -0.15) is 0 Å². The van der Waals surface area contributed by atoms with E-state index >= 15 is 0 Å². The van der Waals surface area contributed by atoms with Crippen LogP contribution in [0.15, 0.2) is 36.4 Å². The Hall–Kier alpha value is -1.58. The van der Waals surface area contributed by atoms with Gasteiger partial charge in [0.05, 0.1) is 6.61 Å². The number of ether oxygens (including phenoxy) is 1. The normalized spacial score (nSPS) is 14.3. The molecule has 2 rings (SSSR count). The van der Waals surface area contributed by atoms with Crippen molar-refractivity contribution in [2.45, 2.75) is 19.9 Å². The summed E-state index contributed by atoms with van der Waals surface area (Å²) in [6.45, 7) is 4.52. The van der Waals surface area contributed by atoms with Crippen LogP contribution in [-0.4, -0.2) is 18.3 Å². The predicted octanol–water partition coefficient (Wildman–Crippen LogP) is 2.87. The molecule has 3 nitrogen and oxygen atoms in total. The molecule has 0 fully saturated rings. The van der Waals surface area contributed by atoms with Gasteiger partial charge in [0.25, 0.3) is 0 Å². The number of hydrogen-bond acceptors (Lipinski definition) is 3. The molecule has 0 spiro atoms. The van der Waals surface area contributed by atoms with Crippen molar-refractivity contribution in [3.8, 4) is 5.75 Å². The van der Waals surface area contributed by atoms with Crippen molar-refractivity contribution in [2.24, 2.45) is 11.7 Å². The van der Waals surface area contributed by atoms with E-state index in [1.54, 1.807) is 0 Å². The average molecular weight is 259 g/mol. The Labute approximate surface area is 114 Å². The molecule has 0 aliphatic carbocycles. The predicted molar refractivity (Wildman–Crippen MR) is 78.3 cm³/mol. The van der Waals surface area contributed by atoms with Gasteiger partial charge in [-0.15, -0.1) is 0 Å². The number of benzene rings is 2. The van der Waals surface area contributed by atoms with E-state index in [-0.39, 0.29) is 18.6 Å². The highest BCUT2D eigenvalue weighted by Gasteiger charge is 2.13. The van der Waals surface area contributed by atoms with Crippen molar-refractivity contribution >= 4 is 10.8 Å². The third-order valence-electron chi connectivity index (χ3n) is 3.22. The Balaban J connectivity index is 2.43. The first-order chi connectivity index (χ1) is 9.13. The molecule has 0 heterocycles. The van der Waals surface area contributed by atoms with Crippen molar-refractivity contribution < 1.29 is 9.84 Å². The SMILES string of the molecule is CC(CO)COc1c([C@@H](C)N)ccc2ccccc12. The molecule has 0 bridgehead atoms. The lowest BCUT2D eigenvalue weighted by Crippen LogP contribution is -2.15. The summed E-state index contributed by atoms with van der Waals surface area (Å²) in [6, 6.07) is 12.1. The van der Waals surface area contributed by atoms with E-state index in [0.29, 0.717) is 6.61 Å². The summed E-state index contributed by atoms with van der Waals surface area (Å²) in [4.78, 5) is 0. The lowest BCUT2D eigenvalue weighted by molar-refractivity contribution is 0.174. The van der Waals surface area contributed by atoms with Crippen LogP contribution in [0, 0.1) is 5.92 Å². The van der Waals surface area contributed by atoms with Gasteiger partial charge in [-0.05, 0) is 12.3 Å². The van der Waals surface area contributed by atoms with Crippen molar-refractivity contribution in [2.75, 3.05) is 13.2 Å². The van der Waals surface area contributed by atoms with Gasteiger partial charge in [0.1, 0.15) is 5.75 Å². The van der Waals surface area contributed by atoms with E-state index in [2.05, 4.69) is 12.1 Å². The van der Waals surface area contributed by atoms with Crippen molar-refractivity contribution in [1.29, 1.82) is 0 Å². The molecular formula is C16H21NO2. The first-order valence-corrected chi connectivity index (χ1v) is 6.64. The van der Waals surface area contributed by atoms with Gasteiger partial charge in [-0.25, -0.2) is 0 Å². The molecule has 19 heavy (non-hydrogen) atoms. The van der Waals surface area contributed by atoms with Gasteiger partial charge in [0.2, 0.25) is 0 Å². The third kappa shape index (κ3) is 3.06. The quantitative estimate of drug-likeness (QED) is 0.868. The summed E-state index contributed by atoms with van der Waals surface area (Å²) in [6.07, 6.45) is 0. The minimum Gasteiger partial charge on any atom is -0.492 e. The molecule has 2 atom stereocenters. The van der Waals surface area contributed by atoms with E-state index in [9.17, 15) is 0 Å². The van der Waals surface area contributed by atoms with Gasteiger partial charge in [-0.1, -0.05) is 43.3 Å². The van der Waals surface area contributed by atoms with Gasteiger partial charge in [-0.3, -0.25) is 0 Å². The average Bonchev–Trinajstić information content (AvgIpc) is 2.43. The number of aliphatic hydroxyl groups excluding tert-OH is 1. The second kappa shape index (κ2) is 6.04. The largest absolute Gasteiger partial charge is 0.492 e. The number of nitrogens with two attached hydrogens (primary N) is 1. The van der Waals surface area contributed by atoms with Gasteiger partial charge in [0, 0.05) is 29.5 Å². The summed E-state index contributed by atoms with van der Waals surface area (Å²) in [7, 11) is 0. The fourth-order valence-electron chi connectivity index (χ4n) is 2.06. The number of aliphatic hydroxyl groups is 1. The molecule has 0 radical (unpaired) electrons. The van der Waals surface area contributed by atoms with Crippen LogP contribution in [-0.2, 0) is 0 Å². The number of hydrogen-bond donors (Lipinski definition) is 2. The maximum atomic E-state index is 9.10. The number of fused-ring (bicyclic) bond motifs is 1. The van der Waals surface area contributed by atoms with E-state index in [0.717, 1.165) is 22.1 Å². The Morgan fingerprint density at radius 3 is 2.58 bits per heavy atom. The first kappa shape index (κ1) is 13.8. The van der Waals surface area contributed by atoms with Gasteiger partial charge < -0.3 is 15.6 Å². The van der Waals surface area contributed by atoms with E-state index in [1.165, 1.54) is 0 Å². The Kier molecular flexibility index (Phi) is 4.40. The molecule has 102 valence electrons. The highest BCUT2D eigenvalue weighted by Crippen LogP contribution is 2.33. The Bertz CT molecular complexity index is 551. The molecule has 0 aromatic heterocycles. The van der Waals surface area contributed by atoms with Crippen LogP contribution in [0.4, 0.5) is 0 Å². The summed E-state index contributed by atoms with van der Waals surface area (Å²) in [5, 5.41) is 11.3. The molecular weight excluding hydrogens is 238 g/mol. The zero-order valence-electron chi connectivity index (χ0n) is 11.5. The standard InChI is InChI=1S/C16H21NO2/c1-11(9-18)10-19-16-14(12(2)17)8-7-13-5-3-4-6-15(13)16/h3-8,11-12,18H,9-10,17H2,1-2H3/t11?,12-/m1/s1. The van der Waals surface area contributed by atoms with Crippen LogP contribution >= 0.6 is 0 Å². The summed E-state index contributed by atoms with van der Waals surface area (Å²) in [5.74, 6) is 0.952. The molecule has 2 aromatic rings. The van der Waals surface area contributed by atoms with Gasteiger partial charge in [0.15, 0.2) is 0 Å². The van der Waals surface area contributed by atoms with E-state index in [4.69, 9.17) is 15.6 Å². The molecule has 0 aliphatic rings. The second-order valence-corrected chi connectivity index (χ2v) is 5.09. The van der Waals surface area contributed by atoms with Crippen LogP contribution < -0.4 is 10.5 Å². The van der Waals surface area contributed by atoms with E-state index in [1.807, 2.05) is 38.1 Å². The topological polar surface area (TPSA) is 55.5 Å². The fraction of sp³-hybridized carbons (Fsp3) is 0.375. The van der Waals surface area contributed by atoms with Crippen LogP contribution in [0.5, 0.6) is 5.75 Å². The van der Waals surface area contributed by atoms with E-state index < -0.39 is 0 Å². The molecule has 0 amide bonds. The Morgan fingerprint density at radius 1 is 1.16 bits per heavy atom. The molecule has 3 heteroatoms. The van der Waals surface area contributed by atoms with Crippen LogP contribution in [0.2, 0.25) is 0 Å². The second-order valence-electron chi connectivity index (χ2n) is 5.09. The summed E-state index contributed by atoms with van der Waals surface area (Å²) in [5.41, 5.74) is 7.02. The minimum absolute atomic E-state index is 0.0796. The fourth-order valence-corrected chi connectivity index (χ4v) is 2.06. The van der Waals surface area contributed by atoms with Crippen molar-refractivity contribution in [1.82, 2.24) is 0 Å². The smallest absolute Gasteiger partial charge is 0.131 e. The van der Waals surface area contributed by atoms with Gasteiger partial charge >= 0.3 is 0 Å². The van der Waals surface area contributed by atoms with Crippen LogP contribution in [0.25, 0.3) is 10.8 Å². The summed E-state index contributed by atoms with van der Waals surface area (Å²) >= 11 is 0. The molecule has 0 saturated carbocycles. The first-order valence-electron chi connectivity index (χ1n) is 6.64.